The molecule has 0 saturated heterocycles. The standard InChI is InChI=1S/C15H25N3O3/c1-10(2)7-16-13(19)17(8-11(3)4)15(21)18(14(16)20)9-12(5)6/h11-12H,1,7-9H2,2-6H3. The zero-order chi connectivity index (χ0) is 16.3. The van der Waals surface area contributed by atoms with E-state index in [0.717, 1.165) is 13.7 Å². The maximum atomic E-state index is 12.4. The van der Waals surface area contributed by atoms with Gasteiger partial charge >= 0.3 is 17.1 Å². The van der Waals surface area contributed by atoms with Crippen LogP contribution in [0.2, 0.25) is 0 Å². The molecule has 0 aromatic carbocycles. The van der Waals surface area contributed by atoms with Gasteiger partial charge in [0.25, 0.3) is 0 Å². The molecule has 0 radical (unpaired) electrons. The van der Waals surface area contributed by atoms with Crippen molar-refractivity contribution in [3.8, 4) is 0 Å². The van der Waals surface area contributed by atoms with Gasteiger partial charge in [0.1, 0.15) is 0 Å². The summed E-state index contributed by atoms with van der Waals surface area (Å²) in [5.41, 5.74) is -0.936. The number of rotatable bonds is 6. The van der Waals surface area contributed by atoms with Crippen molar-refractivity contribution < 1.29 is 0 Å². The molecule has 0 aliphatic rings. The first-order chi connectivity index (χ1) is 9.65. The lowest BCUT2D eigenvalue weighted by Gasteiger charge is -2.16. The van der Waals surface area contributed by atoms with E-state index in [2.05, 4.69) is 6.58 Å². The van der Waals surface area contributed by atoms with Crippen molar-refractivity contribution in [2.75, 3.05) is 0 Å². The summed E-state index contributed by atoms with van der Waals surface area (Å²) in [6.45, 7) is 13.9. The first-order valence-electron chi connectivity index (χ1n) is 7.24. The van der Waals surface area contributed by atoms with Crippen LogP contribution in [0.4, 0.5) is 0 Å². The zero-order valence-corrected chi connectivity index (χ0v) is 13.5. The second-order valence-electron chi connectivity index (χ2n) is 6.40. The molecule has 0 atom stereocenters. The van der Waals surface area contributed by atoms with Crippen LogP contribution in [0.3, 0.4) is 0 Å². The van der Waals surface area contributed by atoms with Crippen LogP contribution in [0.25, 0.3) is 0 Å². The summed E-state index contributed by atoms with van der Waals surface area (Å²) < 4.78 is 3.39. The quantitative estimate of drug-likeness (QED) is 0.737. The molecule has 1 aromatic rings. The van der Waals surface area contributed by atoms with E-state index >= 15 is 0 Å². The minimum Gasteiger partial charge on any atom is -0.247 e. The largest absolute Gasteiger partial charge is 0.336 e. The van der Waals surface area contributed by atoms with E-state index in [-0.39, 0.29) is 18.4 Å². The molecule has 0 bridgehead atoms. The second kappa shape index (κ2) is 6.74. The lowest BCUT2D eigenvalue weighted by molar-refractivity contribution is 0.390. The molecule has 0 spiro atoms. The molecular formula is C15H25N3O3. The highest BCUT2D eigenvalue weighted by Gasteiger charge is 2.16. The van der Waals surface area contributed by atoms with Crippen LogP contribution in [0.1, 0.15) is 34.6 Å². The average molecular weight is 295 g/mol. The monoisotopic (exact) mass is 295 g/mol. The van der Waals surface area contributed by atoms with Crippen LogP contribution < -0.4 is 17.1 Å². The van der Waals surface area contributed by atoms with E-state index in [1.807, 2.05) is 27.7 Å². The van der Waals surface area contributed by atoms with E-state index < -0.39 is 17.1 Å². The molecule has 0 saturated carbocycles. The van der Waals surface area contributed by atoms with Crippen molar-refractivity contribution in [1.29, 1.82) is 0 Å². The minimum atomic E-state index is -0.554. The highest BCUT2D eigenvalue weighted by molar-refractivity contribution is 4.91. The molecule has 0 fully saturated rings. The molecule has 0 amide bonds. The number of hydrogen-bond donors (Lipinski definition) is 0. The number of hydrogen-bond acceptors (Lipinski definition) is 3. The lowest BCUT2D eigenvalue weighted by Crippen LogP contribution is -2.55. The fourth-order valence-electron chi connectivity index (χ4n) is 2.13. The zero-order valence-electron chi connectivity index (χ0n) is 13.5. The summed E-state index contributed by atoms with van der Waals surface area (Å²) in [6, 6.07) is 0. The van der Waals surface area contributed by atoms with Gasteiger partial charge in [0.2, 0.25) is 0 Å². The van der Waals surface area contributed by atoms with Crippen LogP contribution in [-0.2, 0) is 19.6 Å². The topological polar surface area (TPSA) is 66.0 Å². The van der Waals surface area contributed by atoms with Gasteiger partial charge < -0.3 is 0 Å². The fourth-order valence-corrected chi connectivity index (χ4v) is 2.13. The Morgan fingerprint density at radius 3 is 1.48 bits per heavy atom. The minimum absolute atomic E-state index is 0.133. The van der Waals surface area contributed by atoms with Crippen LogP contribution in [0.15, 0.2) is 26.5 Å². The average Bonchev–Trinajstić information content (AvgIpc) is 2.35. The molecule has 1 aromatic heterocycles. The molecule has 6 nitrogen and oxygen atoms in total. The van der Waals surface area contributed by atoms with Gasteiger partial charge in [-0.15, -0.1) is 0 Å². The molecule has 0 aliphatic heterocycles. The van der Waals surface area contributed by atoms with Crippen molar-refractivity contribution in [3.63, 3.8) is 0 Å². The van der Waals surface area contributed by atoms with Crippen molar-refractivity contribution in [1.82, 2.24) is 13.7 Å². The smallest absolute Gasteiger partial charge is 0.247 e. The maximum Gasteiger partial charge on any atom is 0.336 e. The highest BCUT2D eigenvalue weighted by Crippen LogP contribution is 1.96. The predicted octanol–water partition coefficient (Wildman–Crippen LogP) is 1.06. The van der Waals surface area contributed by atoms with E-state index in [4.69, 9.17) is 0 Å². The summed E-state index contributed by atoms with van der Waals surface area (Å²) >= 11 is 0. The summed E-state index contributed by atoms with van der Waals surface area (Å²) in [4.78, 5) is 37.2. The Kier molecular flexibility index (Phi) is 5.52. The Balaban J connectivity index is 3.66. The Morgan fingerprint density at radius 2 is 1.19 bits per heavy atom. The van der Waals surface area contributed by atoms with E-state index in [9.17, 15) is 14.4 Å². The predicted molar refractivity (Wildman–Crippen MR) is 83.7 cm³/mol. The third-order valence-electron chi connectivity index (χ3n) is 2.91. The van der Waals surface area contributed by atoms with Gasteiger partial charge in [-0.3, -0.25) is 0 Å². The van der Waals surface area contributed by atoms with Crippen LogP contribution in [-0.4, -0.2) is 13.7 Å². The van der Waals surface area contributed by atoms with Gasteiger partial charge in [0.15, 0.2) is 0 Å². The first-order valence-corrected chi connectivity index (χ1v) is 7.24. The van der Waals surface area contributed by atoms with Crippen LogP contribution >= 0.6 is 0 Å². The molecular weight excluding hydrogens is 270 g/mol. The molecule has 21 heavy (non-hydrogen) atoms. The van der Waals surface area contributed by atoms with Gasteiger partial charge in [0.05, 0.1) is 6.54 Å². The van der Waals surface area contributed by atoms with E-state index in [1.165, 1.54) is 0 Å². The van der Waals surface area contributed by atoms with Crippen LogP contribution in [0, 0.1) is 11.8 Å². The van der Waals surface area contributed by atoms with Crippen molar-refractivity contribution in [2.24, 2.45) is 11.8 Å². The third-order valence-corrected chi connectivity index (χ3v) is 2.91. The molecule has 0 aliphatic carbocycles. The van der Waals surface area contributed by atoms with E-state index in [1.54, 1.807) is 6.92 Å². The second-order valence-corrected chi connectivity index (χ2v) is 6.40. The Hall–Kier alpha value is -1.85. The fraction of sp³-hybridized carbons (Fsp3) is 0.667. The molecule has 6 heteroatoms. The molecule has 1 rings (SSSR count). The highest BCUT2D eigenvalue weighted by atomic mass is 16.2. The number of allylic oxidation sites excluding steroid dienone is 1. The molecule has 0 unspecified atom stereocenters. The Labute approximate surface area is 124 Å². The normalized spacial score (nSPS) is 11.4. The van der Waals surface area contributed by atoms with Gasteiger partial charge in [-0.05, 0) is 18.8 Å². The molecule has 1 heterocycles. The summed E-state index contributed by atoms with van der Waals surface area (Å²) in [5, 5.41) is 0. The van der Waals surface area contributed by atoms with E-state index in [0.29, 0.717) is 18.7 Å². The summed E-state index contributed by atoms with van der Waals surface area (Å²) in [5.74, 6) is 0.275. The first kappa shape index (κ1) is 17.2. The van der Waals surface area contributed by atoms with Crippen LogP contribution in [0.5, 0.6) is 0 Å². The van der Waals surface area contributed by atoms with Crippen molar-refractivity contribution >= 4 is 0 Å². The third kappa shape index (κ3) is 4.06. The van der Waals surface area contributed by atoms with Gasteiger partial charge in [-0.2, -0.15) is 0 Å². The Bertz CT molecular complexity index is 641. The number of aromatic nitrogens is 3. The maximum absolute atomic E-state index is 12.4. The SMILES string of the molecule is C=C(C)Cn1c(=O)n(CC(C)C)c(=O)n(CC(C)C)c1=O. The summed E-state index contributed by atoms with van der Waals surface area (Å²) in [6.07, 6.45) is 0. The molecule has 0 N–H and O–H groups in total. The Morgan fingerprint density at radius 1 is 0.857 bits per heavy atom. The lowest BCUT2D eigenvalue weighted by atomic mass is 10.2. The van der Waals surface area contributed by atoms with Gasteiger partial charge in [0, 0.05) is 13.1 Å². The number of nitrogens with zero attached hydrogens (tertiary/aromatic N) is 3. The van der Waals surface area contributed by atoms with Gasteiger partial charge in [-0.25, -0.2) is 28.1 Å². The van der Waals surface area contributed by atoms with Crippen molar-refractivity contribution in [3.05, 3.63) is 43.6 Å². The van der Waals surface area contributed by atoms with Gasteiger partial charge in [-0.1, -0.05) is 39.8 Å². The molecule has 118 valence electrons. The van der Waals surface area contributed by atoms with Crippen molar-refractivity contribution in [2.45, 2.75) is 54.3 Å². The summed E-state index contributed by atoms with van der Waals surface area (Å²) in [7, 11) is 0.